The highest BCUT2D eigenvalue weighted by Crippen LogP contribution is 2.35. The van der Waals surface area contributed by atoms with Crippen LogP contribution in [0.1, 0.15) is 40.6 Å². The second-order valence-electron chi connectivity index (χ2n) is 5.97. The van der Waals surface area contributed by atoms with Gasteiger partial charge in [-0.1, -0.05) is 12.1 Å². The molecular formula is C17H18F3N3O2. The SMILES string of the molecule is COc1ccc([C@H]2CCCN2C(=O)c2cc(C(F)(F)F)nn2C)cc1. The summed E-state index contributed by atoms with van der Waals surface area (Å²) in [6.07, 6.45) is -3.01. The molecule has 1 aromatic heterocycles. The third kappa shape index (κ3) is 3.33. The van der Waals surface area contributed by atoms with Crippen molar-refractivity contribution >= 4 is 5.91 Å². The van der Waals surface area contributed by atoms with E-state index in [1.807, 2.05) is 24.3 Å². The summed E-state index contributed by atoms with van der Waals surface area (Å²) in [4.78, 5) is 14.4. The standard InChI is InChI=1S/C17H18F3N3O2/c1-22-14(10-15(21-22)17(18,19)20)16(24)23-9-3-4-13(23)11-5-7-12(25-2)8-6-11/h5-8,10,13H,3-4,9H2,1-2H3/t13-/m1/s1. The van der Waals surface area contributed by atoms with Gasteiger partial charge in [-0.2, -0.15) is 18.3 Å². The molecular weight excluding hydrogens is 335 g/mol. The van der Waals surface area contributed by atoms with E-state index in [1.165, 1.54) is 7.05 Å². The summed E-state index contributed by atoms with van der Waals surface area (Å²) in [5.74, 6) is 0.268. The fraction of sp³-hybridized carbons (Fsp3) is 0.412. The molecule has 134 valence electrons. The Bertz CT molecular complexity index is 768. The first-order valence-electron chi connectivity index (χ1n) is 7.87. The Hall–Kier alpha value is -2.51. The Morgan fingerprint density at radius 2 is 1.96 bits per heavy atom. The molecule has 3 rings (SSSR count). The minimum atomic E-state index is -4.57. The second-order valence-corrected chi connectivity index (χ2v) is 5.97. The maximum Gasteiger partial charge on any atom is 0.435 e. The van der Waals surface area contributed by atoms with Crippen LogP contribution in [0.15, 0.2) is 30.3 Å². The summed E-state index contributed by atoms with van der Waals surface area (Å²) in [6, 6.07) is 8.01. The minimum Gasteiger partial charge on any atom is -0.497 e. The summed E-state index contributed by atoms with van der Waals surface area (Å²) in [6.45, 7) is 0.502. The molecule has 1 aromatic carbocycles. The molecule has 8 heteroatoms. The monoisotopic (exact) mass is 353 g/mol. The van der Waals surface area contributed by atoms with Gasteiger partial charge in [-0.05, 0) is 30.5 Å². The van der Waals surface area contributed by atoms with Gasteiger partial charge in [0.25, 0.3) is 5.91 Å². The summed E-state index contributed by atoms with van der Waals surface area (Å²) < 4.78 is 44.6. The highest BCUT2D eigenvalue weighted by atomic mass is 19.4. The Kier molecular flexibility index (Phi) is 4.45. The number of nitrogens with zero attached hydrogens (tertiary/aromatic N) is 3. The largest absolute Gasteiger partial charge is 0.497 e. The molecule has 0 spiro atoms. The van der Waals surface area contributed by atoms with Gasteiger partial charge in [0.15, 0.2) is 5.69 Å². The first-order chi connectivity index (χ1) is 11.8. The number of halogens is 3. The van der Waals surface area contributed by atoms with Gasteiger partial charge in [0, 0.05) is 19.7 Å². The van der Waals surface area contributed by atoms with Crippen LogP contribution in [0.4, 0.5) is 13.2 Å². The number of rotatable bonds is 3. The van der Waals surface area contributed by atoms with Crippen molar-refractivity contribution in [1.29, 1.82) is 0 Å². The number of hydrogen-bond donors (Lipinski definition) is 0. The number of amides is 1. The molecule has 1 fully saturated rings. The molecule has 0 N–H and O–H groups in total. The van der Waals surface area contributed by atoms with Crippen molar-refractivity contribution in [2.24, 2.45) is 7.05 Å². The quantitative estimate of drug-likeness (QED) is 0.849. The summed E-state index contributed by atoms with van der Waals surface area (Å²) in [5, 5.41) is 3.42. The first kappa shape index (κ1) is 17.3. The molecule has 1 aliphatic rings. The lowest BCUT2D eigenvalue weighted by Crippen LogP contribution is -2.32. The Morgan fingerprint density at radius 3 is 2.52 bits per heavy atom. The van der Waals surface area contributed by atoms with E-state index in [-0.39, 0.29) is 11.7 Å². The average Bonchev–Trinajstić information content (AvgIpc) is 3.20. The van der Waals surface area contributed by atoms with Crippen LogP contribution in [0, 0.1) is 0 Å². The number of carbonyl (C=O) groups is 1. The van der Waals surface area contributed by atoms with Gasteiger partial charge in [0.1, 0.15) is 11.4 Å². The van der Waals surface area contributed by atoms with E-state index in [4.69, 9.17) is 4.74 Å². The zero-order valence-electron chi connectivity index (χ0n) is 13.9. The van der Waals surface area contributed by atoms with Gasteiger partial charge in [0.2, 0.25) is 0 Å². The minimum absolute atomic E-state index is 0.0623. The van der Waals surface area contributed by atoms with Crippen molar-refractivity contribution in [2.45, 2.75) is 25.1 Å². The average molecular weight is 353 g/mol. The zero-order chi connectivity index (χ0) is 18.2. The van der Waals surface area contributed by atoms with Gasteiger partial charge < -0.3 is 9.64 Å². The zero-order valence-corrected chi connectivity index (χ0v) is 13.9. The molecule has 2 aromatic rings. The van der Waals surface area contributed by atoms with Crippen molar-refractivity contribution < 1.29 is 22.7 Å². The normalized spacial score (nSPS) is 17.8. The molecule has 2 heterocycles. The van der Waals surface area contributed by atoms with E-state index in [1.54, 1.807) is 12.0 Å². The Balaban J connectivity index is 1.87. The molecule has 0 unspecified atom stereocenters. The molecule has 0 aliphatic carbocycles. The molecule has 5 nitrogen and oxygen atoms in total. The Labute approximate surface area is 143 Å². The highest BCUT2D eigenvalue weighted by molar-refractivity contribution is 5.93. The molecule has 1 aliphatic heterocycles. The lowest BCUT2D eigenvalue weighted by molar-refractivity contribution is -0.141. The van der Waals surface area contributed by atoms with E-state index >= 15 is 0 Å². The summed E-state index contributed by atoms with van der Waals surface area (Å²) >= 11 is 0. The van der Waals surface area contributed by atoms with Crippen LogP contribution < -0.4 is 4.74 Å². The summed E-state index contributed by atoms with van der Waals surface area (Å²) in [7, 11) is 2.92. The predicted molar refractivity (Wildman–Crippen MR) is 84.2 cm³/mol. The van der Waals surface area contributed by atoms with Gasteiger partial charge in [-0.15, -0.1) is 0 Å². The summed E-state index contributed by atoms with van der Waals surface area (Å²) in [5.41, 5.74) is -0.184. The molecule has 1 saturated heterocycles. The number of alkyl halides is 3. The molecule has 1 atom stereocenters. The van der Waals surface area contributed by atoms with E-state index in [0.717, 1.165) is 29.2 Å². The number of hydrogen-bond acceptors (Lipinski definition) is 3. The van der Waals surface area contributed by atoms with Gasteiger partial charge in [-0.3, -0.25) is 9.48 Å². The number of aromatic nitrogens is 2. The molecule has 25 heavy (non-hydrogen) atoms. The number of methoxy groups -OCH3 is 1. The second kappa shape index (κ2) is 6.42. The van der Waals surface area contributed by atoms with Crippen LogP contribution in [0.2, 0.25) is 0 Å². The van der Waals surface area contributed by atoms with E-state index in [2.05, 4.69) is 5.10 Å². The van der Waals surface area contributed by atoms with Crippen molar-refractivity contribution in [3.05, 3.63) is 47.3 Å². The third-order valence-corrected chi connectivity index (χ3v) is 4.40. The van der Waals surface area contributed by atoms with Crippen molar-refractivity contribution in [3.63, 3.8) is 0 Å². The molecule has 0 bridgehead atoms. The van der Waals surface area contributed by atoms with E-state index < -0.39 is 17.8 Å². The molecule has 0 saturated carbocycles. The van der Waals surface area contributed by atoms with Crippen LogP contribution in [0.3, 0.4) is 0 Å². The van der Waals surface area contributed by atoms with Crippen molar-refractivity contribution in [1.82, 2.24) is 14.7 Å². The van der Waals surface area contributed by atoms with Crippen LogP contribution >= 0.6 is 0 Å². The van der Waals surface area contributed by atoms with Crippen LogP contribution in [0.25, 0.3) is 0 Å². The third-order valence-electron chi connectivity index (χ3n) is 4.40. The smallest absolute Gasteiger partial charge is 0.435 e. The van der Waals surface area contributed by atoms with Crippen molar-refractivity contribution in [2.75, 3.05) is 13.7 Å². The lowest BCUT2D eigenvalue weighted by atomic mass is 10.0. The van der Waals surface area contributed by atoms with Gasteiger partial charge in [-0.25, -0.2) is 0 Å². The Morgan fingerprint density at radius 1 is 1.28 bits per heavy atom. The van der Waals surface area contributed by atoms with Crippen LogP contribution in [0.5, 0.6) is 5.75 Å². The van der Waals surface area contributed by atoms with E-state index in [9.17, 15) is 18.0 Å². The number of benzene rings is 1. The lowest BCUT2D eigenvalue weighted by Gasteiger charge is -2.25. The maximum absolute atomic E-state index is 12.8. The fourth-order valence-electron chi connectivity index (χ4n) is 3.14. The van der Waals surface area contributed by atoms with Gasteiger partial charge in [0.05, 0.1) is 13.2 Å². The number of ether oxygens (including phenoxy) is 1. The number of likely N-dealkylation sites (tertiary alicyclic amines) is 1. The predicted octanol–water partition coefficient (Wildman–Crippen LogP) is 3.42. The number of carbonyl (C=O) groups excluding carboxylic acids is 1. The van der Waals surface area contributed by atoms with Crippen LogP contribution in [-0.4, -0.2) is 34.2 Å². The maximum atomic E-state index is 12.8. The van der Waals surface area contributed by atoms with Gasteiger partial charge >= 0.3 is 6.18 Å². The molecule has 0 radical (unpaired) electrons. The van der Waals surface area contributed by atoms with Crippen LogP contribution in [-0.2, 0) is 13.2 Å². The topological polar surface area (TPSA) is 47.4 Å². The van der Waals surface area contributed by atoms with E-state index in [0.29, 0.717) is 12.3 Å². The molecule has 1 amide bonds. The van der Waals surface area contributed by atoms with Crippen molar-refractivity contribution in [3.8, 4) is 5.75 Å². The first-order valence-corrected chi connectivity index (χ1v) is 7.87. The number of aryl methyl sites for hydroxylation is 1. The highest BCUT2D eigenvalue weighted by Gasteiger charge is 2.37. The fourth-order valence-corrected chi connectivity index (χ4v) is 3.14.